The number of Topliss-reactive ketones (excluding diaryl/α,β-unsaturated/α-hetero) is 1. The number of ketones is 1. The lowest BCUT2D eigenvalue weighted by Crippen LogP contribution is -2.50. The second-order valence-corrected chi connectivity index (χ2v) is 10.0. The summed E-state index contributed by atoms with van der Waals surface area (Å²) in [5.41, 5.74) is 7.76. The number of fused-ring (bicyclic) bond motifs is 5. The Hall–Kier alpha value is -0.890. The molecule has 144 valence electrons. The summed E-state index contributed by atoms with van der Waals surface area (Å²) < 4.78 is 0. The molecule has 0 radical (unpaired) electrons. The highest BCUT2D eigenvalue weighted by Crippen LogP contribution is 2.64. The molecule has 6 atom stereocenters. The molecule has 3 saturated carbocycles. The normalized spacial score (nSPS) is 45.2. The average molecular weight is 356 g/mol. The molecule has 3 fully saturated rings. The van der Waals surface area contributed by atoms with E-state index in [0.29, 0.717) is 23.0 Å². The second kappa shape index (κ2) is 6.93. The van der Waals surface area contributed by atoms with Crippen molar-refractivity contribution in [3.63, 3.8) is 0 Å². The van der Waals surface area contributed by atoms with Crippen LogP contribution in [0.1, 0.15) is 78.1 Å². The average Bonchev–Trinajstić information content (AvgIpc) is 2.94. The van der Waals surface area contributed by atoms with Crippen LogP contribution in [-0.2, 0) is 4.79 Å². The molecule has 2 nitrogen and oxygen atoms in total. The third kappa shape index (κ3) is 2.84. The Bertz CT molecular complexity index is 620. The van der Waals surface area contributed by atoms with Crippen LogP contribution in [-0.4, -0.2) is 12.3 Å². The highest BCUT2D eigenvalue weighted by molar-refractivity contribution is 5.87. The topological polar surface area (TPSA) is 43.1 Å². The van der Waals surface area contributed by atoms with Gasteiger partial charge in [-0.2, -0.15) is 0 Å². The van der Waals surface area contributed by atoms with Gasteiger partial charge in [0.1, 0.15) is 5.78 Å². The van der Waals surface area contributed by atoms with Gasteiger partial charge >= 0.3 is 0 Å². The van der Waals surface area contributed by atoms with E-state index in [9.17, 15) is 4.79 Å². The lowest BCUT2D eigenvalue weighted by atomic mass is 9.47. The van der Waals surface area contributed by atoms with Gasteiger partial charge in [0.15, 0.2) is 0 Å². The van der Waals surface area contributed by atoms with E-state index in [0.717, 1.165) is 50.5 Å². The molecule has 26 heavy (non-hydrogen) atoms. The molecule has 0 spiro atoms. The predicted octanol–water partition coefficient (Wildman–Crippen LogP) is 5.43. The van der Waals surface area contributed by atoms with Gasteiger partial charge in [0.05, 0.1) is 0 Å². The first-order valence-electron chi connectivity index (χ1n) is 11.1. The molecule has 4 aliphatic rings. The van der Waals surface area contributed by atoms with Crippen LogP contribution in [0.25, 0.3) is 0 Å². The van der Waals surface area contributed by atoms with Crippen molar-refractivity contribution in [3.05, 3.63) is 23.8 Å². The molecule has 0 aromatic rings. The van der Waals surface area contributed by atoms with Gasteiger partial charge in [-0.25, -0.2) is 0 Å². The molecule has 4 aliphatic carbocycles. The van der Waals surface area contributed by atoms with Gasteiger partial charge in [-0.3, -0.25) is 4.79 Å². The van der Waals surface area contributed by atoms with E-state index in [1.54, 1.807) is 5.57 Å². The van der Waals surface area contributed by atoms with Crippen molar-refractivity contribution in [2.24, 2.45) is 40.2 Å². The summed E-state index contributed by atoms with van der Waals surface area (Å²) in [6.07, 6.45) is 19.3. The Morgan fingerprint density at radius 1 is 1.08 bits per heavy atom. The molecule has 0 amide bonds. The van der Waals surface area contributed by atoms with E-state index < -0.39 is 0 Å². The maximum Gasteiger partial charge on any atom is 0.139 e. The van der Waals surface area contributed by atoms with E-state index in [1.165, 1.54) is 32.1 Å². The van der Waals surface area contributed by atoms with Crippen molar-refractivity contribution in [3.8, 4) is 0 Å². The highest BCUT2D eigenvalue weighted by atomic mass is 16.1. The first-order chi connectivity index (χ1) is 12.5. The Morgan fingerprint density at radius 3 is 2.65 bits per heavy atom. The van der Waals surface area contributed by atoms with E-state index >= 15 is 0 Å². The smallest absolute Gasteiger partial charge is 0.139 e. The molecule has 0 bridgehead atoms. The van der Waals surface area contributed by atoms with Gasteiger partial charge in [-0.05, 0) is 93.4 Å². The molecule has 0 heterocycles. The van der Waals surface area contributed by atoms with Crippen LogP contribution in [0.2, 0.25) is 0 Å². The zero-order valence-electron chi connectivity index (χ0n) is 16.8. The van der Waals surface area contributed by atoms with Crippen molar-refractivity contribution in [2.75, 3.05) is 6.54 Å². The summed E-state index contributed by atoms with van der Waals surface area (Å²) in [5, 5.41) is 0. The van der Waals surface area contributed by atoms with Crippen molar-refractivity contribution in [1.29, 1.82) is 0 Å². The number of carbonyl (C=O) groups excluding carboxylic acids is 1. The van der Waals surface area contributed by atoms with Crippen LogP contribution in [0, 0.1) is 34.5 Å². The van der Waals surface area contributed by atoms with Crippen molar-refractivity contribution < 1.29 is 4.79 Å². The predicted molar refractivity (Wildman–Crippen MR) is 108 cm³/mol. The molecule has 0 saturated heterocycles. The Kier molecular flexibility index (Phi) is 4.92. The number of allylic oxidation sites excluding steroid dienone is 4. The van der Waals surface area contributed by atoms with Crippen LogP contribution in [0.4, 0.5) is 0 Å². The van der Waals surface area contributed by atoms with Crippen LogP contribution in [0.3, 0.4) is 0 Å². The molecular formula is C24H37NO. The Balaban J connectivity index is 1.52. The summed E-state index contributed by atoms with van der Waals surface area (Å²) in [4.78, 5) is 12.5. The number of hydrogen-bond donors (Lipinski definition) is 1. The number of carbonyl (C=O) groups is 1. The molecular weight excluding hydrogens is 318 g/mol. The standard InChI is InChI=1S/C24H37NO/c1-23-13-11-17(6-4-3-5-15-25)16-18(23)7-8-19-20-9-10-22(26)24(20,2)14-12-21(19)23/h4,6,16-17,19-21H,3,5,7-15,25H2,1-2H3/t17-,19?,20?,21?,23+,24+/m1/s1. The van der Waals surface area contributed by atoms with Crippen LogP contribution < -0.4 is 5.73 Å². The second-order valence-electron chi connectivity index (χ2n) is 10.0. The summed E-state index contributed by atoms with van der Waals surface area (Å²) in [5.74, 6) is 3.47. The van der Waals surface area contributed by atoms with E-state index in [1.807, 2.05) is 0 Å². The van der Waals surface area contributed by atoms with Gasteiger partial charge in [0.25, 0.3) is 0 Å². The Morgan fingerprint density at radius 2 is 1.85 bits per heavy atom. The summed E-state index contributed by atoms with van der Waals surface area (Å²) in [7, 11) is 0. The minimum atomic E-state index is 0.0156. The van der Waals surface area contributed by atoms with Crippen LogP contribution in [0.5, 0.6) is 0 Å². The minimum absolute atomic E-state index is 0.0156. The van der Waals surface area contributed by atoms with Crippen molar-refractivity contribution in [2.45, 2.75) is 78.1 Å². The summed E-state index contributed by atoms with van der Waals surface area (Å²) in [6.45, 7) is 5.64. The summed E-state index contributed by atoms with van der Waals surface area (Å²) >= 11 is 0. The monoisotopic (exact) mass is 355 g/mol. The highest BCUT2D eigenvalue weighted by Gasteiger charge is 2.58. The van der Waals surface area contributed by atoms with Gasteiger partial charge < -0.3 is 5.73 Å². The van der Waals surface area contributed by atoms with Gasteiger partial charge in [-0.15, -0.1) is 0 Å². The SMILES string of the molecule is C[C@]12CC[C@@H](C=CCCCN)C=C1CCC1C2CC[C@]2(C)C(=O)CCC12. The van der Waals surface area contributed by atoms with E-state index in [-0.39, 0.29) is 5.41 Å². The fraction of sp³-hybridized carbons (Fsp3) is 0.792. The third-order valence-electron chi connectivity index (χ3n) is 8.82. The summed E-state index contributed by atoms with van der Waals surface area (Å²) in [6, 6.07) is 0. The lowest BCUT2D eigenvalue weighted by molar-refractivity contribution is -0.132. The zero-order valence-corrected chi connectivity index (χ0v) is 16.8. The molecule has 0 aliphatic heterocycles. The molecule has 2 N–H and O–H groups in total. The fourth-order valence-corrected chi connectivity index (χ4v) is 7.18. The molecule has 4 rings (SSSR count). The fourth-order valence-electron chi connectivity index (χ4n) is 7.18. The first-order valence-corrected chi connectivity index (χ1v) is 11.1. The van der Waals surface area contributed by atoms with E-state index in [2.05, 4.69) is 32.1 Å². The number of hydrogen-bond acceptors (Lipinski definition) is 2. The number of nitrogens with two attached hydrogens (primary N) is 1. The van der Waals surface area contributed by atoms with Gasteiger partial charge in [-0.1, -0.05) is 37.6 Å². The largest absolute Gasteiger partial charge is 0.330 e. The first kappa shape index (κ1) is 18.5. The van der Waals surface area contributed by atoms with Crippen LogP contribution >= 0.6 is 0 Å². The van der Waals surface area contributed by atoms with Gasteiger partial charge in [0, 0.05) is 11.8 Å². The number of rotatable bonds is 4. The van der Waals surface area contributed by atoms with Crippen molar-refractivity contribution >= 4 is 5.78 Å². The van der Waals surface area contributed by atoms with Gasteiger partial charge in [0.2, 0.25) is 0 Å². The third-order valence-corrected chi connectivity index (χ3v) is 8.82. The lowest BCUT2D eigenvalue weighted by Gasteiger charge is -2.57. The quantitative estimate of drug-likeness (QED) is 0.540. The molecule has 0 aromatic carbocycles. The molecule has 3 unspecified atom stereocenters. The van der Waals surface area contributed by atoms with Crippen molar-refractivity contribution in [1.82, 2.24) is 0 Å². The molecule has 2 heteroatoms. The maximum atomic E-state index is 12.5. The van der Waals surface area contributed by atoms with E-state index in [4.69, 9.17) is 5.73 Å². The number of unbranched alkanes of at least 4 members (excludes halogenated alkanes) is 1. The zero-order chi connectivity index (χ0) is 18.4. The molecule has 0 aromatic heterocycles. The van der Waals surface area contributed by atoms with Crippen LogP contribution in [0.15, 0.2) is 23.8 Å². The Labute approximate surface area is 159 Å². The maximum absolute atomic E-state index is 12.5. The minimum Gasteiger partial charge on any atom is -0.330 e.